The van der Waals surface area contributed by atoms with Crippen LogP contribution in [0.3, 0.4) is 0 Å². The second kappa shape index (κ2) is 3.69. The lowest BCUT2D eigenvalue weighted by Crippen LogP contribution is -2.61. The average molecular weight is 253 g/mol. The zero-order valence-corrected chi connectivity index (χ0v) is 11.4. The summed E-state index contributed by atoms with van der Waals surface area (Å²) in [5, 5.41) is 2.28. The molecular weight excluding hydrogens is 230 g/mol. The molecule has 3 aliphatic heterocycles. The highest BCUT2D eigenvalue weighted by atomic mass is 16.7. The lowest BCUT2D eigenvalue weighted by molar-refractivity contribution is -0.287. The second-order valence-electron chi connectivity index (χ2n) is 6.59. The van der Waals surface area contributed by atoms with Crippen molar-refractivity contribution in [2.24, 2.45) is 11.3 Å². The predicted molar refractivity (Wildman–Crippen MR) is 65.7 cm³/mol. The van der Waals surface area contributed by atoms with Crippen LogP contribution in [-0.4, -0.2) is 42.8 Å². The maximum Gasteiger partial charge on any atom is 0.172 e. The van der Waals surface area contributed by atoms with Gasteiger partial charge in [0.1, 0.15) is 0 Å². The Bertz CT molecular complexity index is 355. The highest BCUT2D eigenvalue weighted by molar-refractivity contribution is 5.12. The Morgan fingerprint density at radius 2 is 1.83 bits per heavy atom. The average Bonchev–Trinajstić information content (AvgIpc) is 3.03. The molecule has 0 bridgehead atoms. The van der Waals surface area contributed by atoms with Crippen molar-refractivity contribution in [1.29, 1.82) is 0 Å². The van der Waals surface area contributed by atoms with Gasteiger partial charge in [0.25, 0.3) is 0 Å². The van der Waals surface area contributed by atoms with Gasteiger partial charge in [0.2, 0.25) is 0 Å². The van der Waals surface area contributed by atoms with E-state index >= 15 is 0 Å². The molecule has 0 aromatic rings. The van der Waals surface area contributed by atoms with Crippen LogP contribution in [0.1, 0.15) is 39.5 Å². The summed E-state index contributed by atoms with van der Waals surface area (Å²) in [6.07, 6.45) is 4.89. The number of hydrogen-bond donors (Lipinski definition) is 0. The summed E-state index contributed by atoms with van der Waals surface area (Å²) in [6.45, 7) is 6.82. The Morgan fingerprint density at radius 1 is 1.11 bits per heavy atom. The quantitative estimate of drug-likeness (QED) is 0.714. The molecule has 0 aromatic heterocycles. The molecule has 0 N–H and O–H groups in total. The van der Waals surface area contributed by atoms with Gasteiger partial charge in [-0.15, -0.1) is 0 Å². The van der Waals surface area contributed by atoms with Gasteiger partial charge in [-0.3, -0.25) is 4.84 Å². The molecule has 0 radical (unpaired) electrons. The Morgan fingerprint density at radius 3 is 2.61 bits per heavy atom. The minimum Gasteiger partial charge on any atom is -0.347 e. The lowest BCUT2D eigenvalue weighted by Gasteiger charge is -2.52. The third-order valence-corrected chi connectivity index (χ3v) is 5.87. The van der Waals surface area contributed by atoms with E-state index in [4.69, 9.17) is 14.3 Å². The predicted octanol–water partition coefficient (Wildman–Crippen LogP) is 1.94. The first-order valence-electron chi connectivity index (χ1n) is 7.35. The van der Waals surface area contributed by atoms with Crippen molar-refractivity contribution in [3.63, 3.8) is 0 Å². The van der Waals surface area contributed by atoms with Crippen molar-refractivity contribution in [2.75, 3.05) is 19.8 Å². The van der Waals surface area contributed by atoms with E-state index in [1.165, 1.54) is 25.7 Å². The number of nitrogens with zero attached hydrogens (tertiary/aromatic N) is 1. The minimum atomic E-state index is -0.390. The molecule has 102 valence electrons. The molecule has 4 fully saturated rings. The zero-order chi connectivity index (χ0) is 12.4. The number of piperidine rings is 1. The molecule has 1 saturated carbocycles. The van der Waals surface area contributed by atoms with Crippen molar-refractivity contribution in [1.82, 2.24) is 5.06 Å². The van der Waals surface area contributed by atoms with Crippen LogP contribution in [0.15, 0.2) is 0 Å². The minimum absolute atomic E-state index is 0.150. The van der Waals surface area contributed by atoms with Crippen LogP contribution in [0.5, 0.6) is 0 Å². The van der Waals surface area contributed by atoms with E-state index in [0.29, 0.717) is 18.0 Å². The Kier molecular flexibility index (Phi) is 2.39. The first kappa shape index (κ1) is 11.6. The maximum atomic E-state index is 6.04. The van der Waals surface area contributed by atoms with Gasteiger partial charge in [-0.05, 0) is 39.5 Å². The first-order chi connectivity index (χ1) is 8.66. The summed E-state index contributed by atoms with van der Waals surface area (Å²) in [5.41, 5.74) is 0.150. The smallest absolute Gasteiger partial charge is 0.172 e. The van der Waals surface area contributed by atoms with Crippen molar-refractivity contribution in [3.05, 3.63) is 0 Å². The fraction of sp³-hybridized carbons (Fsp3) is 1.00. The molecule has 0 unspecified atom stereocenters. The first-order valence-corrected chi connectivity index (χ1v) is 7.35. The monoisotopic (exact) mass is 253 g/mol. The Labute approximate surface area is 109 Å². The van der Waals surface area contributed by atoms with E-state index in [2.05, 4.69) is 18.9 Å². The molecule has 4 aliphatic rings. The molecule has 0 amide bonds. The van der Waals surface area contributed by atoms with E-state index in [1.807, 2.05) is 0 Å². The van der Waals surface area contributed by atoms with Crippen LogP contribution >= 0.6 is 0 Å². The summed E-state index contributed by atoms with van der Waals surface area (Å²) in [7, 11) is 0. The van der Waals surface area contributed by atoms with Crippen molar-refractivity contribution in [2.45, 2.75) is 57.4 Å². The van der Waals surface area contributed by atoms with Gasteiger partial charge < -0.3 is 9.47 Å². The van der Waals surface area contributed by atoms with Gasteiger partial charge in [0, 0.05) is 17.4 Å². The van der Waals surface area contributed by atoms with E-state index < -0.39 is 5.79 Å². The van der Waals surface area contributed by atoms with Crippen LogP contribution in [0, 0.1) is 11.3 Å². The lowest BCUT2D eigenvalue weighted by atomic mass is 9.67. The third-order valence-electron chi connectivity index (χ3n) is 5.87. The summed E-state index contributed by atoms with van der Waals surface area (Å²) < 4.78 is 12.1. The standard InChI is InChI=1S/C14H23NO3/c1-10-3-5-14(13(2)16-7-8-17-13)6-4-11-9-18-15(10)12(11)14/h10-12H,3-9H2,1-2H3/t10-,11+,12-,14-/m1/s1. The molecule has 18 heavy (non-hydrogen) atoms. The van der Waals surface area contributed by atoms with E-state index in [1.54, 1.807) is 0 Å². The number of hydroxylamine groups is 2. The van der Waals surface area contributed by atoms with E-state index in [0.717, 1.165) is 19.8 Å². The normalized spacial score (nSPS) is 50.7. The molecule has 4 rings (SSSR count). The highest BCUT2D eigenvalue weighted by Gasteiger charge is 2.67. The van der Waals surface area contributed by atoms with Gasteiger partial charge in [0.05, 0.1) is 25.9 Å². The van der Waals surface area contributed by atoms with Crippen molar-refractivity contribution in [3.8, 4) is 0 Å². The molecule has 4 nitrogen and oxygen atoms in total. The summed E-state index contributed by atoms with van der Waals surface area (Å²) in [5.74, 6) is 0.288. The molecule has 1 aliphatic carbocycles. The fourth-order valence-electron chi connectivity index (χ4n) is 4.88. The van der Waals surface area contributed by atoms with Gasteiger partial charge in [-0.1, -0.05) is 0 Å². The second-order valence-corrected chi connectivity index (χ2v) is 6.59. The Balaban J connectivity index is 1.75. The summed E-state index contributed by atoms with van der Waals surface area (Å²) in [6, 6.07) is 1.04. The molecule has 4 heteroatoms. The zero-order valence-electron chi connectivity index (χ0n) is 11.4. The van der Waals surface area contributed by atoms with Gasteiger partial charge in [-0.2, -0.15) is 5.06 Å². The molecule has 4 atom stereocenters. The van der Waals surface area contributed by atoms with Crippen LogP contribution in [0.25, 0.3) is 0 Å². The maximum absolute atomic E-state index is 6.04. The Hall–Kier alpha value is -0.160. The van der Waals surface area contributed by atoms with Crippen LogP contribution in [0.4, 0.5) is 0 Å². The van der Waals surface area contributed by atoms with E-state index in [-0.39, 0.29) is 5.41 Å². The molecule has 0 aromatic carbocycles. The molecule has 0 spiro atoms. The van der Waals surface area contributed by atoms with Gasteiger partial charge in [0.15, 0.2) is 5.79 Å². The largest absolute Gasteiger partial charge is 0.347 e. The summed E-state index contributed by atoms with van der Waals surface area (Å²) in [4.78, 5) is 5.95. The molecule has 3 heterocycles. The van der Waals surface area contributed by atoms with Crippen LogP contribution < -0.4 is 0 Å². The number of ether oxygens (including phenoxy) is 2. The van der Waals surface area contributed by atoms with E-state index in [9.17, 15) is 0 Å². The third kappa shape index (κ3) is 1.25. The fourth-order valence-corrected chi connectivity index (χ4v) is 4.88. The van der Waals surface area contributed by atoms with Gasteiger partial charge in [-0.25, -0.2) is 0 Å². The molecule has 3 saturated heterocycles. The van der Waals surface area contributed by atoms with Crippen LogP contribution in [0.2, 0.25) is 0 Å². The topological polar surface area (TPSA) is 30.9 Å². The SMILES string of the molecule is C[C@@H]1CC[C@@]2(C3(C)OCCO3)CC[C@H]3CON1[C@H]32. The highest BCUT2D eigenvalue weighted by Crippen LogP contribution is 2.61. The summed E-state index contributed by atoms with van der Waals surface area (Å²) >= 11 is 0. The van der Waals surface area contributed by atoms with Crippen LogP contribution in [-0.2, 0) is 14.3 Å². The van der Waals surface area contributed by atoms with Crippen molar-refractivity contribution < 1.29 is 14.3 Å². The number of rotatable bonds is 1. The van der Waals surface area contributed by atoms with Crippen molar-refractivity contribution >= 4 is 0 Å². The number of hydrogen-bond acceptors (Lipinski definition) is 4. The molecular formula is C14H23NO3. The van der Waals surface area contributed by atoms with Gasteiger partial charge >= 0.3 is 0 Å².